The van der Waals surface area contributed by atoms with Crippen molar-refractivity contribution in [3.8, 4) is 22.3 Å². The van der Waals surface area contributed by atoms with Crippen molar-refractivity contribution in [3.05, 3.63) is 214 Å². The summed E-state index contributed by atoms with van der Waals surface area (Å²) in [5.41, 5.74) is 31.2. The van der Waals surface area contributed by atoms with Gasteiger partial charge in [-0.3, -0.25) is 0 Å². The normalized spacial score (nSPS) is 13.2. The molecule has 0 bridgehead atoms. The van der Waals surface area contributed by atoms with Gasteiger partial charge < -0.3 is 9.80 Å². The van der Waals surface area contributed by atoms with Gasteiger partial charge in [-0.05, 0) is 156 Å². The largest absolute Gasteiger partial charge is 0.307 e. The van der Waals surface area contributed by atoms with Crippen LogP contribution in [0, 0.1) is 55.4 Å². The first kappa shape index (κ1) is 40.7. The summed E-state index contributed by atoms with van der Waals surface area (Å²) < 4.78 is 0. The third kappa shape index (κ3) is 5.80. The van der Waals surface area contributed by atoms with Gasteiger partial charge in [-0.1, -0.05) is 190 Å². The molecule has 0 spiro atoms. The summed E-state index contributed by atoms with van der Waals surface area (Å²) in [6.07, 6.45) is 0. The second-order valence-corrected chi connectivity index (χ2v) is 20.1. The van der Waals surface area contributed by atoms with Gasteiger partial charge in [-0.15, -0.1) is 0 Å². The van der Waals surface area contributed by atoms with Crippen molar-refractivity contribution in [1.82, 2.24) is 0 Å². The minimum Gasteiger partial charge on any atom is -0.307 e. The third-order valence-corrected chi connectivity index (χ3v) is 15.7. The summed E-state index contributed by atoms with van der Waals surface area (Å²) in [6.45, 7) is 18.2. The topological polar surface area (TPSA) is 6.48 Å². The lowest BCUT2D eigenvalue weighted by Gasteiger charge is -2.50. The fourth-order valence-corrected chi connectivity index (χ4v) is 13.1. The molecule has 4 heteroatoms. The molecule has 0 aromatic heterocycles. The van der Waals surface area contributed by atoms with Crippen molar-refractivity contribution in [2.24, 2.45) is 0 Å². The Kier molecular flexibility index (Phi) is 8.97. The van der Waals surface area contributed by atoms with E-state index in [1.807, 2.05) is 0 Å². The number of hydrogen-bond acceptors (Lipinski definition) is 2. The molecule has 0 saturated heterocycles. The number of fused-ring (bicyclic) bond motifs is 10. The maximum absolute atomic E-state index is 2.68. The van der Waals surface area contributed by atoms with Crippen molar-refractivity contribution in [1.29, 1.82) is 0 Å². The Labute approximate surface area is 401 Å². The predicted molar refractivity (Wildman–Crippen MR) is 295 cm³/mol. The fourth-order valence-electron chi connectivity index (χ4n) is 13.1. The highest BCUT2D eigenvalue weighted by Gasteiger charge is 2.48. The summed E-state index contributed by atoms with van der Waals surface area (Å²) in [7, 11) is 0. The van der Waals surface area contributed by atoms with Crippen LogP contribution in [0.3, 0.4) is 0 Å². The van der Waals surface area contributed by atoms with Gasteiger partial charge in [0.05, 0.1) is 22.7 Å². The second-order valence-electron chi connectivity index (χ2n) is 20.1. The molecule has 0 amide bonds. The molecule has 10 aromatic rings. The molecule has 13 rings (SSSR count). The number of rotatable bonds is 4. The van der Waals surface area contributed by atoms with E-state index < -0.39 is 0 Å². The van der Waals surface area contributed by atoms with E-state index >= 15 is 0 Å². The average Bonchev–Trinajstić information content (AvgIpc) is 3.32. The second kappa shape index (κ2) is 15.0. The molecule has 10 aromatic carbocycles. The van der Waals surface area contributed by atoms with Crippen LogP contribution in [0.2, 0.25) is 0 Å². The number of aryl methyl sites for hydroxylation is 8. The molecule has 3 heterocycles. The van der Waals surface area contributed by atoms with Gasteiger partial charge in [0.25, 0.3) is 0 Å². The summed E-state index contributed by atoms with van der Waals surface area (Å²) >= 11 is 0. The van der Waals surface area contributed by atoms with E-state index in [-0.39, 0.29) is 13.4 Å². The zero-order valence-electron chi connectivity index (χ0n) is 40.2. The van der Waals surface area contributed by atoms with Crippen molar-refractivity contribution in [2.45, 2.75) is 55.4 Å². The standard InChI is InChI=1S/C64H52B2N2/c1-37-29-41(5)59(42(6)30-37)65-53-33-47(49-21-13-9-17-39(49)3)25-27-55(53)67-58-36-46-20-12-16-24-52(46)62-64(58)68(57-35-45-19-11-15-23-51(45)61(65)63(57)67)56-28-26-48(50-22-14-10-18-40(50)4)34-54(56)66(62)60-43(7)31-38(2)32-44(60)8/h9-36H,1-8H3. The average molecular weight is 871 g/mol. The molecule has 0 aliphatic carbocycles. The minimum atomic E-state index is -0.0227. The Hall–Kier alpha value is -7.55. The van der Waals surface area contributed by atoms with Gasteiger partial charge in [-0.2, -0.15) is 0 Å². The lowest BCUT2D eigenvalue weighted by atomic mass is 9.32. The Morgan fingerprint density at radius 2 is 0.676 bits per heavy atom. The SMILES string of the molecule is Cc1cc(C)c(B2c3cc(-c4ccccc4C)ccc3N3c4cc5ccccc5c5c4N(c4ccc(-c6ccccc6C)cc4B5c4c(C)cc(C)cc4C)c4cc5ccccc5c2c43)c(C)c1. The molecular formula is C64H52B2N2. The molecule has 0 atom stereocenters. The van der Waals surface area contributed by atoms with Crippen LogP contribution in [0.25, 0.3) is 43.8 Å². The van der Waals surface area contributed by atoms with Crippen LogP contribution in [0.1, 0.15) is 44.5 Å². The van der Waals surface area contributed by atoms with Crippen molar-refractivity contribution < 1.29 is 0 Å². The van der Waals surface area contributed by atoms with Gasteiger partial charge in [0.15, 0.2) is 0 Å². The first-order valence-corrected chi connectivity index (χ1v) is 24.3. The molecule has 3 aliphatic heterocycles. The van der Waals surface area contributed by atoms with Crippen molar-refractivity contribution in [2.75, 3.05) is 9.80 Å². The van der Waals surface area contributed by atoms with Gasteiger partial charge >= 0.3 is 0 Å². The lowest BCUT2D eigenvalue weighted by molar-refractivity contribution is 1.19. The predicted octanol–water partition coefficient (Wildman–Crippen LogP) is 12.7. The van der Waals surface area contributed by atoms with Crippen LogP contribution in [0.15, 0.2) is 170 Å². The quantitative estimate of drug-likeness (QED) is 0.163. The number of benzene rings is 10. The first-order valence-electron chi connectivity index (χ1n) is 24.3. The highest BCUT2D eigenvalue weighted by atomic mass is 15.3. The molecule has 68 heavy (non-hydrogen) atoms. The number of anilines is 6. The Bertz CT molecular complexity index is 3530. The van der Waals surface area contributed by atoms with Crippen LogP contribution in [0.4, 0.5) is 34.1 Å². The monoisotopic (exact) mass is 870 g/mol. The lowest BCUT2D eigenvalue weighted by Crippen LogP contribution is -2.62. The van der Waals surface area contributed by atoms with E-state index in [2.05, 4.69) is 235 Å². The van der Waals surface area contributed by atoms with Gasteiger partial charge in [0, 0.05) is 11.4 Å². The molecule has 3 aliphatic rings. The first-order chi connectivity index (χ1) is 33.0. The Morgan fingerprint density at radius 1 is 0.309 bits per heavy atom. The smallest absolute Gasteiger partial charge is 0.248 e. The van der Waals surface area contributed by atoms with Crippen LogP contribution in [-0.4, -0.2) is 13.4 Å². The van der Waals surface area contributed by atoms with E-state index in [0.717, 1.165) is 0 Å². The number of nitrogens with zero attached hydrogens (tertiary/aromatic N) is 2. The molecule has 0 radical (unpaired) electrons. The molecule has 0 saturated carbocycles. The minimum absolute atomic E-state index is 0.0227. The maximum Gasteiger partial charge on any atom is 0.248 e. The zero-order valence-corrected chi connectivity index (χ0v) is 40.2. The highest BCUT2D eigenvalue weighted by Crippen LogP contribution is 2.57. The molecule has 0 unspecified atom stereocenters. The van der Waals surface area contributed by atoms with E-state index in [1.54, 1.807) is 0 Å². The van der Waals surface area contributed by atoms with Crippen LogP contribution >= 0.6 is 0 Å². The maximum atomic E-state index is 2.68. The summed E-state index contributed by atoms with van der Waals surface area (Å²) in [6, 6.07) is 65.4. The van der Waals surface area contributed by atoms with Crippen LogP contribution in [-0.2, 0) is 0 Å². The number of hydrogen-bond donors (Lipinski definition) is 0. The molecule has 0 fully saturated rings. The van der Waals surface area contributed by atoms with E-state index in [9.17, 15) is 0 Å². The summed E-state index contributed by atoms with van der Waals surface area (Å²) in [4.78, 5) is 5.37. The van der Waals surface area contributed by atoms with Crippen molar-refractivity contribution in [3.63, 3.8) is 0 Å². The summed E-state index contributed by atoms with van der Waals surface area (Å²) in [5.74, 6) is 0. The molecule has 324 valence electrons. The zero-order chi connectivity index (χ0) is 46.3. The Balaban J connectivity index is 1.22. The van der Waals surface area contributed by atoms with Crippen LogP contribution in [0.5, 0.6) is 0 Å². The van der Waals surface area contributed by atoms with Crippen molar-refractivity contribution >= 4 is 102 Å². The molecule has 0 N–H and O–H groups in total. The van der Waals surface area contributed by atoms with E-state index in [0.29, 0.717) is 0 Å². The van der Waals surface area contributed by atoms with Gasteiger partial charge in [0.2, 0.25) is 13.4 Å². The van der Waals surface area contributed by atoms with Crippen LogP contribution < -0.4 is 42.6 Å². The van der Waals surface area contributed by atoms with E-state index in [4.69, 9.17) is 0 Å². The third-order valence-electron chi connectivity index (χ3n) is 15.7. The highest BCUT2D eigenvalue weighted by molar-refractivity contribution is 7.01. The van der Waals surface area contributed by atoms with Gasteiger partial charge in [0.1, 0.15) is 0 Å². The summed E-state index contributed by atoms with van der Waals surface area (Å²) in [5, 5.41) is 5.10. The molecular weight excluding hydrogens is 818 g/mol. The van der Waals surface area contributed by atoms with Gasteiger partial charge in [-0.25, -0.2) is 0 Å². The Morgan fingerprint density at radius 3 is 1.07 bits per heavy atom. The molecule has 2 nitrogen and oxygen atoms in total. The van der Waals surface area contributed by atoms with E-state index in [1.165, 1.54) is 155 Å². The fraction of sp³-hybridized carbons (Fsp3) is 0.125.